The lowest BCUT2D eigenvalue weighted by Crippen LogP contribution is -2.21. The van der Waals surface area contributed by atoms with Crippen molar-refractivity contribution in [1.29, 1.82) is 0 Å². The summed E-state index contributed by atoms with van der Waals surface area (Å²) < 4.78 is 7.63. The van der Waals surface area contributed by atoms with Gasteiger partial charge in [-0.2, -0.15) is 5.10 Å². The molecule has 0 spiro atoms. The van der Waals surface area contributed by atoms with Gasteiger partial charge in [0.05, 0.1) is 11.4 Å². The van der Waals surface area contributed by atoms with Crippen molar-refractivity contribution in [1.82, 2.24) is 15.1 Å². The number of nitrogens with zero attached hydrogens (tertiary/aromatic N) is 2. The van der Waals surface area contributed by atoms with Crippen LogP contribution < -0.4 is 10.1 Å². The monoisotopic (exact) mass is 273 g/mol. The molecule has 20 heavy (non-hydrogen) atoms. The van der Waals surface area contributed by atoms with E-state index in [0.29, 0.717) is 6.61 Å². The molecule has 0 aliphatic carbocycles. The molecule has 108 valence electrons. The Hall–Kier alpha value is -1.81. The van der Waals surface area contributed by atoms with Crippen molar-refractivity contribution in [3.05, 3.63) is 47.3 Å². The zero-order valence-electron chi connectivity index (χ0n) is 12.5. The van der Waals surface area contributed by atoms with Crippen molar-refractivity contribution in [2.24, 2.45) is 7.05 Å². The Balaban J connectivity index is 1.70. The van der Waals surface area contributed by atoms with Crippen LogP contribution in [0.1, 0.15) is 23.9 Å². The number of benzene rings is 1. The Morgan fingerprint density at radius 3 is 2.85 bits per heavy atom. The highest BCUT2D eigenvalue weighted by Gasteiger charge is 2.02. The van der Waals surface area contributed by atoms with Crippen molar-refractivity contribution in [3.63, 3.8) is 0 Å². The van der Waals surface area contributed by atoms with Gasteiger partial charge in [0.2, 0.25) is 0 Å². The number of ether oxygens (including phenoxy) is 1. The van der Waals surface area contributed by atoms with E-state index in [1.54, 1.807) is 0 Å². The van der Waals surface area contributed by atoms with Crippen LogP contribution in [0.2, 0.25) is 0 Å². The summed E-state index contributed by atoms with van der Waals surface area (Å²) in [5.74, 6) is 0.931. The predicted molar refractivity (Wildman–Crippen MR) is 81.0 cm³/mol. The highest BCUT2D eigenvalue weighted by Crippen LogP contribution is 2.11. The number of hydrogen-bond donors (Lipinski definition) is 1. The largest absolute Gasteiger partial charge is 0.492 e. The second-order valence-electron chi connectivity index (χ2n) is 4.95. The van der Waals surface area contributed by atoms with Crippen molar-refractivity contribution in [2.45, 2.75) is 26.8 Å². The zero-order valence-corrected chi connectivity index (χ0v) is 12.5. The summed E-state index contributed by atoms with van der Waals surface area (Å²) in [6, 6.07) is 10.3. The number of hydrogen-bond acceptors (Lipinski definition) is 3. The first-order valence-electron chi connectivity index (χ1n) is 7.11. The maximum atomic E-state index is 5.70. The van der Waals surface area contributed by atoms with Crippen LogP contribution in [0, 0.1) is 6.92 Å². The van der Waals surface area contributed by atoms with Gasteiger partial charge in [-0.05, 0) is 37.1 Å². The second-order valence-corrected chi connectivity index (χ2v) is 4.95. The van der Waals surface area contributed by atoms with Gasteiger partial charge in [0.25, 0.3) is 0 Å². The first-order chi connectivity index (χ1) is 9.69. The Bertz CT molecular complexity index is 548. The summed E-state index contributed by atoms with van der Waals surface area (Å²) in [4.78, 5) is 0. The molecule has 0 aliphatic rings. The van der Waals surface area contributed by atoms with Crippen LogP contribution >= 0.6 is 0 Å². The molecule has 2 rings (SSSR count). The van der Waals surface area contributed by atoms with Crippen LogP contribution in [0.25, 0.3) is 0 Å². The molecular weight excluding hydrogens is 250 g/mol. The van der Waals surface area contributed by atoms with Crippen molar-refractivity contribution in [2.75, 3.05) is 13.2 Å². The third-order valence-electron chi connectivity index (χ3n) is 3.23. The lowest BCUT2D eigenvalue weighted by atomic mass is 10.2. The molecule has 4 heteroatoms. The molecule has 0 unspecified atom stereocenters. The van der Waals surface area contributed by atoms with E-state index >= 15 is 0 Å². The summed E-state index contributed by atoms with van der Waals surface area (Å²) in [5.41, 5.74) is 3.56. The molecule has 0 saturated carbocycles. The smallest absolute Gasteiger partial charge is 0.119 e. The van der Waals surface area contributed by atoms with Gasteiger partial charge in [-0.3, -0.25) is 4.68 Å². The van der Waals surface area contributed by atoms with Gasteiger partial charge < -0.3 is 10.1 Å². The van der Waals surface area contributed by atoms with E-state index < -0.39 is 0 Å². The molecule has 1 aromatic heterocycles. The average Bonchev–Trinajstić information content (AvgIpc) is 2.79. The van der Waals surface area contributed by atoms with Crippen LogP contribution in [-0.2, 0) is 20.0 Å². The summed E-state index contributed by atoms with van der Waals surface area (Å²) in [6.07, 6.45) is 0.976. The Morgan fingerprint density at radius 2 is 2.15 bits per heavy atom. The van der Waals surface area contributed by atoms with Crippen LogP contribution in [0.4, 0.5) is 0 Å². The normalized spacial score (nSPS) is 10.8. The van der Waals surface area contributed by atoms with E-state index in [-0.39, 0.29) is 0 Å². The minimum Gasteiger partial charge on any atom is -0.492 e. The molecule has 1 heterocycles. The molecule has 0 radical (unpaired) electrons. The van der Waals surface area contributed by atoms with E-state index in [1.165, 1.54) is 11.3 Å². The zero-order chi connectivity index (χ0) is 14.4. The Morgan fingerprint density at radius 1 is 1.30 bits per heavy atom. The molecular formula is C16H23N3O. The summed E-state index contributed by atoms with van der Waals surface area (Å²) >= 11 is 0. The van der Waals surface area contributed by atoms with Gasteiger partial charge in [-0.15, -0.1) is 0 Å². The molecule has 1 aromatic carbocycles. The van der Waals surface area contributed by atoms with E-state index in [4.69, 9.17) is 4.74 Å². The molecule has 0 fully saturated rings. The number of rotatable bonds is 7. The van der Waals surface area contributed by atoms with E-state index in [2.05, 4.69) is 42.5 Å². The second kappa shape index (κ2) is 7.10. The SMILES string of the molecule is CCc1cc(CNCCOc2cccc(C)c2)n(C)n1. The molecule has 0 saturated heterocycles. The average molecular weight is 273 g/mol. The third kappa shape index (κ3) is 4.10. The molecule has 0 bridgehead atoms. The summed E-state index contributed by atoms with van der Waals surface area (Å²) in [5, 5.41) is 7.81. The van der Waals surface area contributed by atoms with E-state index in [1.807, 2.05) is 23.9 Å². The lowest BCUT2D eigenvalue weighted by Gasteiger charge is -2.08. The van der Waals surface area contributed by atoms with Gasteiger partial charge >= 0.3 is 0 Å². The fraction of sp³-hybridized carbons (Fsp3) is 0.438. The van der Waals surface area contributed by atoms with Crippen molar-refractivity contribution < 1.29 is 4.74 Å². The molecule has 0 atom stereocenters. The highest BCUT2D eigenvalue weighted by molar-refractivity contribution is 5.27. The number of nitrogens with one attached hydrogen (secondary N) is 1. The summed E-state index contributed by atoms with van der Waals surface area (Å²) in [6.45, 7) is 6.50. The van der Waals surface area contributed by atoms with Gasteiger partial charge in [0, 0.05) is 20.1 Å². The number of aryl methyl sites for hydroxylation is 3. The maximum Gasteiger partial charge on any atom is 0.119 e. The molecule has 0 amide bonds. The lowest BCUT2D eigenvalue weighted by molar-refractivity contribution is 0.313. The summed E-state index contributed by atoms with van der Waals surface area (Å²) in [7, 11) is 1.99. The maximum absolute atomic E-state index is 5.70. The third-order valence-corrected chi connectivity index (χ3v) is 3.23. The Kier molecular flexibility index (Phi) is 5.18. The van der Waals surface area contributed by atoms with E-state index in [0.717, 1.165) is 31.0 Å². The van der Waals surface area contributed by atoms with Gasteiger partial charge in [0.1, 0.15) is 12.4 Å². The fourth-order valence-electron chi connectivity index (χ4n) is 2.07. The van der Waals surface area contributed by atoms with Gasteiger partial charge in [0.15, 0.2) is 0 Å². The number of aromatic nitrogens is 2. The molecule has 1 N–H and O–H groups in total. The predicted octanol–water partition coefficient (Wildman–Crippen LogP) is 2.46. The minimum absolute atomic E-state index is 0.669. The molecule has 4 nitrogen and oxygen atoms in total. The van der Waals surface area contributed by atoms with Crippen LogP contribution in [0.3, 0.4) is 0 Å². The fourth-order valence-corrected chi connectivity index (χ4v) is 2.07. The Labute approximate surface area is 120 Å². The minimum atomic E-state index is 0.669. The van der Waals surface area contributed by atoms with Gasteiger partial charge in [-0.1, -0.05) is 19.1 Å². The topological polar surface area (TPSA) is 39.1 Å². The van der Waals surface area contributed by atoms with Gasteiger partial charge in [-0.25, -0.2) is 0 Å². The van der Waals surface area contributed by atoms with Crippen LogP contribution in [0.5, 0.6) is 5.75 Å². The molecule has 0 aliphatic heterocycles. The van der Waals surface area contributed by atoms with Crippen molar-refractivity contribution >= 4 is 0 Å². The quantitative estimate of drug-likeness (QED) is 0.788. The first kappa shape index (κ1) is 14.6. The van der Waals surface area contributed by atoms with Crippen LogP contribution in [-0.4, -0.2) is 22.9 Å². The standard InChI is InChI=1S/C16H23N3O/c1-4-14-11-15(19(3)18-14)12-17-8-9-20-16-7-5-6-13(2)10-16/h5-7,10-11,17H,4,8-9,12H2,1-3H3. The molecule has 2 aromatic rings. The van der Waals surface area contributed by atoms with Crippen LogP contribution in [0.15, 0.2) is 30.3 Å². The van der Waals surface area contributed by atoms with Crippen molar-refractivity contribution in [3.8, 4) is 5.75 Å². The first-order valence-corrected chi connectivity index (χ1v) is 7.11. The highest BCUT2D eigenvalue weighted by atomic mass is 16.5. The van der Waals surface area contributed by atoms with E-state index in [9.17, 15) is 0 Å².